The lowest BCUT2D eigenvalue weighted by atomic mass is 10.2. The van der Waals surface area contributed by atoms with E-state index in [0.29, 0.717) is 10.6 Å². The van der Waals surface area contributed by atoms with Gasteiger partial charge in [0.25, 0.3) is 5.91 Å². The Morgan fingerprint density at radius 2 is 2.00 bits per heavy atom. The van der Waals surface area contributed by atoms with Crippen LogP contribution < -0.4 is 5.73 Å². The highest BCUT2D eigenvalue weighted by Crippen LogP contribution is 2.22. The Bertz CT molecular complexity index is 571. The maximum atomic E-state index is 12.3. The number of carbonyl (C=O) groups is 1. The summed E-state index contributed by atoms with van der Waals surface area (Å²) >= 11 is 3.16. The summed E-state index contributed by atoms with van der Waals surface area (Å²) in [5, 5.41) is 6.16. The van der Waals surface area contributed by atoms with Gasteiger partial charge in [0.1, 0.15) is 4.88 Å². The van der Waals surface area contributed by atoms with E-state index in [1.54, 1.807) is 17.4 Å². The number of thiophene rings is 2. The minimum Gasteiger partial charge on any atom is -0.397 e. The van der Waals surface area contributed by atoms with E-state index in [2.05, 4.69) is 21.7 Å². The molecule has 0 spiro atoms. The third kappa shape index (κ3) is 2.87. The molecule has 0 aliphatic carbocycles. The lowest BCUT2D eigenvalue weighted by Gasteiger charge is -2.34. The molecule has 1 saturated heterocycles. The number of hydrogen-bond donors (Lipinski definition) is 1. The fraction of sp³-hybridized carbons (Fsp3) is 0.357. The van der Waals surface area contributed by atoms with E-state index in [-0.39, 0.29) is 5.91 Å². The Kier molecular flexibility index (Phi) is 4.05. The lowest BCUT2D eigenvalue weighted by molar-refractivity contribution is 0.0634. The normalized spacial score (nSPS) is 16.5. The molecule has 6 heteroatoms. The number of amides is 1. The van der Waals surface area contributed by atoms with E-state index in [1.807, 2.05) is 10.3 Å². The Morgan fingerprint density at radius 1 is 1.20 bits per heavy atom. The molecule has 3 heterocycles. The second-order valence-electron chi connectivity index (χ2n) is 4.91. The molecule has 1 fully saturated rings. The van der Waals surface area contributed by atoms with Crippen molar-refractivity contribution >= 4 is 34.3 Å². The van der Waals surface area contributed by atoms with Crippen LogP contribution in [0.4, 0.5) is 5.69 Å². The predicted octanol–water partition coefficient (Wildman–Crippen LogP) is 2.35. The average Bonchev–Trinajstić information content (AvgIpc) is 3.10. The smallest absolute Gasteiger partial charge is 0.266 e. The molecular formula is C14H17N3OS2. The summed E-state index contributed by atoms with van der Waals surface area (Å²) in [5.74, 6) is 0.0766. The predicted molar refractivity (Wildman–Crippen MR) is 84.2 cm³/mol. The van der Waals surface area contributed by atoms with Crippen LogP contribution in [0.15, 0.2) is 28.3 Å². The number of nitrogens with two attached hydrogens (primary N) is 1. The first-order valence-corrected chi connectivity index (χ1v) is 8.42. The fourth-order valence-corrected chi connectivity index (χ4v) is 3.83. The molecule has 0 atom stereocenters. The Hall–Kier alpha value is -1.37. The van der Waals surface area contributed by atoms with E-state index in [4.69, 9.17) is 5.73 Å². The van der Waals surface area contributed by atoms with Gasteiger partial charge in [0.15, 0.2) is 0 Å². The van der Waals surface area contributed by atoms with Gasteiger partial charge in [0.05, 0.1) is 5.69 Å². The van der Waals surface area contributed by atoms with Crippen molar-refractivity contribution in [2.24, 2.45) is 0 Å². The molecule has 2 aromatic rings. The highest BCUT2D eigenvalue weighted by Gasteiger charge is 2.24. The minimum atomic E-state index is 0.0766. The molecule has 0 bridgehead atoms. The first-order chi connectivity index (χ1) is 9.74. The quantitative estimate of drug-likeness (QED) is 0.947. The number of anilines is 1. The van der Waals surface area contributed by atoms with Gasteiger partial charge >= 0.3 is 0 Å². The number of nitrogen functional groups attached to an aromatic ring is 1. The molecule has 3 rings (SSSR count). The Balaban J connectivity index is 1.56. The summed E-state index contributed by atoms with van der Waals surface area (Å²) in [6.07, 6.45) is 0. The third-order valence-corrected chi connectivity index (χ3v) is 5.19. The van der Waals surface area contributed by atoms with Gasteiger partial charge < -0.3 is 10.6 Å². The summed E-state index contributed by atoms with van der Waals surface area (Å²) in [4.78, 5) is 17.3. The summed E-state index contributed by atoms with van der Waals surface area (Å²) in [6, 6.07) is 3.96. The van der Waals surface area contributed by atoms with Crippen molar-refractivity contribution in [2.45, 2.75) is 6.54 Å². The molecule has 0 radical (unpaired) electrons. The van der Waals surface area contributed by atoms with Crippen molar-refractivity contribution in [3.05, 3.63) is 38.7 Å². The molecule has 1 aliphatic rings. The van der Waals surface area contributed by atoms with Gasteiger partial charge in [-0.3, -0.25) is 9.69 Å². The van der Waals surface area contributed by atoms with Gasteiger partial charge in [-0.15, -0.1) is 11.3 Å². The zero-order valence-electron chi connectivity index (χ0n) is 11.1. The van der Waals surface area contributed by atoms with Crippen LogP contribution in [0, 0.1) is 0 Å². The Morgan fingerprint density at radius 3 is 2.60 bits per heavy atom. The molecule has 4 nitrogen and oxygen atoms in total. The van der Waals surface area contributed by atoms with Gasteiger partial charge in [-0.25, -0.2) is 0 Å². The number of nitrogens with zero attached hydrogens (tertiary/aromatic N) is 2. The molecule has 106 valence electrons. The van der Waals surface area contributed by atoms with E-state index in [1.165, 1.54) is 16.9 Å². The van der Waals surface area contributed by atoms with Crippen molar-refractivity contribution in [1.82, 2.24) is 9.80 Å². The van der Waals surface area contributed by atoms with E-state index >= 15 is 0 Å². The molecule has 0 aromatic carbocycles. The van der Waals surface area contributed by atoms with Crippen LogP contribution in [0.2, 0.25) is 0 Å². The maximum absolute atomic E-state index is 12.3. The van der Waals surface area contributed by atoms with Gasteiger partial charge in [-0.05, 0) is 33.8 Å². The second-order valence-corrected chi connectivity index (χ2v) is 6.60. The van der Waals surface area contributed by atoms with Crippen LogP contribution in [0.5, 0.6) is 0 Å². The first-order valence-electron chi connectivity index (χ1n) is 6.60. The minimum absolute atomic E-state index is 0.0766. The van der Waals surface area contributed by atoms with Crippen molar-refractivity contribution in [3.8, 4) is 0 Å². The molecule has 0 unspecified atom stereocenters. The fourth-order valence-electron chi connectivity index (χ4n) is 2.39. The van der Waals surface area contributed by atoms with Crippen LogP contribution in [0.25, 0.3) is 0 Å². The van der Waals surface area contributed by atoms with Crippen LogP contribution in [0.3, 0.4) is 0 Å². The van der Waals surface area contributed by atoms with E-state index in [9.17, 15) is 4.79 Å². The largest absolute Gasteiger partial charge is 0.397 e. The Labute approximate surface area is 126 Å². The first kappa shape index (κ1) is 13.6. The van der Waals surface area contributed by atoms with Crippen molar-refractivity contribution in [3.63, 3.8) is 0 Å². The maximum Gasteiger partial charge on any atom is 0.266 e. The number of piperazine rings is 1. The topological polar surface area (TPSA) is 49.6 Å². The van der Waals surface area contributed by atoms with E-state index < -0.39 is 0 Å². The highest BCUT2D eigenvalue weighted by atomic mass is 32.1. The number of carbonyl (C=O) groups excluding carboxylic acids is 1. The number of rotatable bonds is 3. The molecule has 20 heavy (non-hydrogen) atoms. The molecule has 1 amide bonds. The second kappa shape index (κ2) is 5.95. The SMILES string of the molecule is Nc1ccsc1C(=O)N1CCN(Cc2ccsc2)CC1. The standard InChI is InChI=1S/C14H17N3OS2/c15-12-2-8-20-13(12)14(18)17-5-3-16(4-6-17)9-11-1-7-19-10-11/h1-2,7-8,10H,3-6,9,15H2. The summed E-state index contributed by atoms with van der Waals surface area (Å²) in [5.41, 5.74) is 7.78. The van der Waals surface area contributed by atoms with E-state index in [0.717, 1.165) is 32.7 Å². The van der Waals surface area contributed by atoms with Crippen molar-refractivity contribution in [2.75, 3.05) is 31.9 Å². The monoisotopic (exact) mass is 307 g/mol. The zero-order valence-corrected chi connectivity index (χ0v) is 12.8. The van der Waals surface area contributed by atoms with Crippen LogP contribution >= 0.6 is 22.7 Å². The van der Waals surface area contributed by atoms with Gasteiger partial charge in [-0.1, -0.05) is 0 Å². The third-order valence-electron chi connectivity index (χ3n) is 3.54. The van der Waals surface area contributed by atoms with Gasteiger partial charge in [0.2, 0.25) is 0 Å². The summed E-state index contributed by atoms with van der Waals surface area (Å²) < 4.78 is 0. The molecular weight excluding hydrogens is 290 g/mol. The lowest BCUT2D eigenvalue weighted by Crippen LogP contribution is -2.48. The number of hydrogen-bond acceptors (Lipinski definition) is 5. The van der Waals surface area contributed by atoms with Crippen LogP contribution in [-0.4, -0.2) is 41.9 Å². The van der Waals surface area contributed by atoms with Crippen molar-refractivity contribution in [1.29, 1.82) is 0 Å². The average molecular weight is 307 g/mol. The molecule has 1 aliphatic heterocycles. The molecule has 2 N–H and O–H groups in total. The zero-order chi connectivity index (χ0) is 13.9. The molecule has 0 saturated carbocycles. The van der Waals surface area contributed by atoms with Gasteiger partial charge in [-0.2, -0.15) is 11.3 Å². The highest BCUT2D eigenvalue weighted by molar-refractivity contribution is 7.12. The van der Waals surface area contributed by atoms with Crippen LogP contribution in [-0.2, 0) is 6.54 Å². The van der Waals surface area contributed by atoms with Crippen molar-refractivity contribution < 1.29 is 4.79 Å². The summed E-state index contributed by atoms with van der Waals surface area (Å²) in [6.45, 7) is 4.38. The van der Waals surface area contributed by atoms with Crippen LogP contribution in [0.1, 0.15) is 15.2 Å². The summed E-state index contributed by atoms with van der Waals surface area (Å²) in [7, 11) is 0. The van der Waals surface area contributed by atoms with Gasteiger partial charge in [0, 0.05) is 32.7 Å². The molecule has 2 aromatic heterocycles.